The van der Waals surface area contributed by atoms with Crippen molar-refractivity contribution in [2.24, 2.45) is 0 Å². The molecule has 1 fully saturated rings. The van der Waals surface area contributed by atoms with Crippen molar-refractivity contribution in [1.82, 2.24) is 4.90 Å². The van der Waals surface area contributed by atoms with E-state index in [9.17, 15) is 4.79 Å². The van der Waals surface area contributed by atoms with Gasteiger partial charge in [0.05, 0.1) is 5.69 Å². The summed E-state index contributed by atoms with van der Waals surface area (Å²) in [5.41, 5.74) is 2.84. The molecule has 0 aliphatic carbocycles. The zero-order valence-corrected chi connectivity index (χ0v) is 11.5. The number of hydrogen-bond acceptors (Lipinski definition) is 3. The molecule has 1 amide bonds. The Morgan fingerprint density at radius 2 is 2.00 bits per heavy atom. The van der Waals surface area contributed by atoms with Crippen molar-refractivity contribution in [2.45, 2.75) is 13.0 Å². The molecule has 19 heavy (non-hydrogen) atoms. The maximum absolute atomic E-state index is 12.0. The van der Waals surface area contributed by atoms with E-state index in [4.69, 9.17) is 0 Å². The van der Waals surface area contributed by atoms with E-state index in [-0.39, 0.29) is 5.91 Å². The van der Waals surface area contributed by atoms with Gasteiger partial charge >= 0.3 is 0 Å². The molecule has 98 valence electrons. The second kappa shape index (κ2) is 5.55. The Balaban J connectivity index is 1.62. The van der Waals surface area contributed by atoms with Gasteiger partial charge in [-0.05, 0) is 48.7 Å². The summed E-state index contributed by atoms with van der Waals surface area (Å²) in [5, 5.41) is 6.76. The fourth-order valence-corrected chi connectivity index (χ4v) is 2.69. The minimum Gasteiger partial charge on any atom is -0.321 e. The summed E-state index contributed by atoms with van der Waals surface area (Å²) in [6.07, 6.45) is 1.31. The Labute approximate surface area is 116 Å². The predicted octanol–water partition coefficient (Wildman–Crippen LogP) is 3.21. The number of nitrogens with one attached hydrogen (secondary N) is 1. The highest BCUT2D eigenvalue weighted by Crippen LogP contribution is 2.15. The van der Waals surface area contributed by atoms with Crippen LogP contribution < -0.4 is 5.32 Å². The number of amides is 1. The minimum atomic E-state index is -0.0473. The maximum atomic E-state index is 12.0. The summed E-state index contributed by atoms with van der Waals surface area (Å²) in [6.45, 7) is 3.38. The van der Waals surface area contributed by atoms with Crippen LogP contribution in [0.15, 0.2) is 41.1 Å². The van der Waals surface area contributed by atoms with Crippen LogP contribution in [0.1, 0.15) is 22.3 Å². The molecule has 3 nitrogen and oxygen atoms in total. The van der Waals surface area contributed by atoms with Crippen molar-refractivity contribution < 1.29 is 4.79 Å². The van der Waals surface area contributed by atoms with Crippen LogP contribution in [-0.4, -0.2) is 23.9 Å². The van der Waals surface area contributed by atoms with Crippen LogP contribution in [0.2, 0.25) is 0 Å². The third-order valence-electron chi connectivity index (χ3n) is 3.35. The topological polar surface area (TPSA) is 32.3 Å². The zero-order valence-electron chi connectivity index (χ0n) is 10.6. The van der Waals surface area contributed by atoms with Crippen LogP contribution in [0.5, 0.6) is 0 Å². The van der Waals surface area contributed by atoms with Crippen LogP contribution in [0.3, 0.4) is 0 Å². The number of benzene rings is 1. The van der Waals surface area contributed by atoms with Crippen molar-refractivity contribution in [2.75, 3.05) is 18.4 Å². The van der Waals surface area contributed by atoms with Gasteiger partial charge in [0.25, 0.3) is 5.91 Å². The Morgan fingerprint density at radius 1 is 1.21 bits per heavy atom. The molecule has 4 heteroatoms. The van der Waals surface area contributed by atoms with Gasteiger partial charge in [-0.3, -0.25) is 9.69 Å². The van der Waals surface area contributed by atoms with E-state index in [0.717, 1.165) is 12.2 Å². The molecule has 0 radical (unpaired) electrons. The third kappa shape index (κ3) is 3.03. The van der Waals surface area contributed by atoms with Gasteiger partial charge in [0.1, 0.15) is 0 Å². The first kappa shape index (κ1) is 12.4. The molecule has 1 aromatic carbocycles. The van der Waals surface area contributed by atoms with E-state index in [0.29, 0.717) is 5.56 Å². The molecule has 1 saturated heterocycles. The van der Waals surface area contributed by atoms with E-state index >= 15 is 0 Å². The molecule has 1 aromatic heterocycles. The van der Waals surface area contributed by atoms with E-state index in [1.165, 1.54) is 25.1 Å². The molecule has 0 atom stereocenters. The van der Waals surface area contributed by atoms with Crippen molar-refractivity contribution in [3.8, 4) is 0 Å². The lowest BCUT2D eigenvalue weighted by atomic mass is 10.1. The maximum Gasteiger partial charge on any atom is 0.255 e. The quantitative estimate of drug-likeness (QED) is 0.927. The predicted molar refractivity (Wildman–Crippen MR) is 78.6 cm³/mol. The van der Waals surface area contributed by atoms with E-state index in [1.807, 2.05) is 41.1 Å². The molecular weight excluding hydrogens is 256 g/mol. The highest BCUT2D eigenvalue weighted by Gasteiger charge is 2.14. The summed E-state index contributed by atoms with van der Waals surface area (Å²) in [4.78, 5) is 14.4. The molecule has 0 bridgehead atoms. The second-order valence-electron chi connectivity index (χ2n) is 4.79. The van der Waals surface area contributed by atoms with E-state index in [2.05, 4.69) is 10.2 Å². The fraction of sp³-hybridized carbons (Fsp3) is 0.267. The van der Waals surface area contributed by atoms with Gasteiger partial charge < -0.3 is 5.32 Å². The van der Waals surface area contributed by atoms with Gasteiger partial charge in [-0.15, -0.1) is 0 Å². The number of carbonyl (C=O) groups excluding carboxylic acids is 1. The van der Waals surface area contributed by atoms with E-state index in [1.54, 1.807) is 11.3 Å². The Kier molecular flexibility index (Phi) is 3.62. The number of carbonyl (C=O) groups is 1. The van der Waals surface area contributed by atoms with Gasteiger partial charge in [-0.1, -0.05) is 12.1 Å². The standard InChI is InChI=1S/C15H16N2OS/c18-15(16-14-6-9-19-11-14)13-4-2-12(3-5-13)10-17-7-1-8-17/h2-6,9,11H,1,7-8,10H2,(H,16,18). The zero-order chi connectivity index (χ0) is 13.1. The molecular formula is C15H16N2OS. The molecule has 1 aliphatic heterocycles. The van der Waals surface area contributed by atoms with Crippen molar-refractivity contribution in [3.63, 3.8) is 0 Å². The lowest BCUT2D eigenvalue weighted by molar-refractivity contribution is 0.102. The molecule has 2 aromatic rings. The second-order valence-corrected chi connectivity index (χ2v) is 5.57. The minimum absolute atomic E-state index is 0.0473. The average Bonchev–Trinajstić information content (AvgIpc) is 2.87. The summed E-state index contributed by atoms with van der Waals surface area (Å²) in [5.74, 6) is -0.0473. The number of anilines is 1. The van der Waals surface area contributed by atoms with Crippen LogP contribution in [0.25, 0.3) is 0 Å². The summed E-state index contributed by atoms with van der Waals surface area (Å²) >= 11 is 1.57. The number of nitrogens with zero attached hydrogens (tertiary/aromatic N) is 1. The average molecular weight is 272 g/mol. The van der Waals surface area contributed by atoms with Crippen LogP contribution in [0.4, 0.5) is 5.69 Å². The van der Waals surface area contributed by atoms with Crippen molar-refractivity contribution in [1.29, 1.82) is 0 Å². The lowest BCUT2D eigenvalue weighted by Gasteiger charge is -2.30. The lowest BCUT2D eigenvalue weighted by Crippen LogP contribution is -2.36. The van der Waals surface area contributed by atoms with Gasteiger partial charge in [0.2, 0.25) is 0 Å². The fourth-order valence-electron chi connectivity index (χ4n) is 2.10. The molecule has 1 aliphatic rings. The highest BCUT2D eigenvalue weighted by molar-refractivity contribution is 7.08. The summed E-state index contributed by atoms with van der Waals surface area (Å²) in [7, 11) is 0. The molecule has 3 rings (SSSR count). The first-order valence-corrected chi connectivity index (χ1v) is 7.40. The highest BCUT2D eigenvalue weighted by atomic mass is 32.1. The van der Waals surface area contributed by atoms with Crippen molar-refractivity contribution >= 4 is 22.9 Å². The molecule has 1 N–H and O–H groups in total. The van der Waals surface area contributed by atoms with Crippen LogP contribution in [0, 0.1) is 0 Å². The van der Waals surface area contributed by atoms with Gasteiger partial charge in [-0.2, -0.15) is 11.3 Å². The third-order valence-corrected chi connectivity index (χ3v) is 4.03. The van der Waals surface area contributed by atoms with Crippen LogP contribution in [-0.2, 0) is 6.54 Å². The molecule has 0 spiro atoms. The Bertz CT molecular complexity index is 544. The van der Waals surface area contributed by atoms with Gasteiger partial charge in [0, 0.05) is 17.5 Å². The van der Waals surface area contributed by atoms with Gasteiger partial charge in [-0.25, -0.2) is 0 Å². The number of likely N-dealkylation sites (tertiary alicyclic amines) is 1. The van der Waals surface area contributed by atoms with Crippen molar-refractivity contribution in [3.05, 3.63) is 52.2 Å². The number of rotatable bonds is 4. The monoisotopic (exact) mass is 272 g/mol. The Hall–Kier alpha value is -1.65. The molecule has 0 unspecified atom stereocenters. The first-order valence-electron chi connectivity index (χ1n) is 6.46. The first-order chi connectivity index (χ1) is 9.31. The smallest absolute Gasteiger partial charge is 0.255 e. The number of thiophene rings is 1. The normalized spacial score (nSPS) is 14.9. The van der Waals surface area contributed by atoms with Gasteiger partial charge in [0.15, 0.2) is 0 Å². The number of hydrogen-bond donors (Lipinski definition) is 1. The Morgan fingerprint density at radius 3 is 2.58 bits per heavy atom. The summed E-state index contributed by atoms with van der Waals surface area (Å²) < 4.78 is 0. The largest absolute Gasteiger partial charge is 0.321 e. The van der Waals surface area contributed by atoms with Crippen LogP contribution >= 0.6 is 11.3 Å². The molecule has 2 heterocycles. The summed E-state index contributed by atoms with van der Waals surface area (Å²) in [6, 6.07) is 9.79. The SMILES string of the molecule is O=C(Nc1ccsc1)c1ccc(CN2CCC2)cc1. The molecule has 0 saturated carbocycles. The van der Waals surface area contributed by atoms with E-state index < -0.39 is 0 Å².